The zero-order valence-corrected chi connectivity index (χ0v) is 14.5. The molecule has 25 heavy (non-hydrogen) atoms. The van der Waals surface area contributed by atoms with Gasteiger partial charge in [-0.15, -0.1) is 0 Å². The van der Waals surface area contributed by atoms with Crippen LogP contribution in [0.5, 0.6) is 0 Å². The van der Waals surface area contributed by atoms with Gasteiger partial charge in [0.1, 0.15) is 0 Å². The number of rotatable bonds is 4. The van der Waals surface area contributed by atoms with Crippen LogP contribution in [0.3, 0.4) is 0 Å². The van der Waals surface area contributed by atoms with E-state index in [1.807, 2.05) is 6.07 Å². The van der Waals surface area contributed by atoms with Gasteiger partial charge >= 0.3 is 0 Å². The second kappa shape index (κ2) is 7.27. The Balaban J connectivity index is 1.71. The third kappa shape index (κ3) is 3.74. The minimum Gasteiger partial charge on any atom is -0.342 e. The minimum absolute atomic E-state index is 0.0592. The van der Waals surface area contributed by atoms with Crippen LogP contribution in [0.1, 0.15) is 10.5 Å². The van der Waals surface area contributed by atoms with Crippen LogP contribution in [0.2, 0.25) is 0 Å². The zero-order valence-electron chi connectivity index (χ0n) is 12.9. The fourth-order valence-corrected chi connectivity index (χ4v) is 2.67. The first kappa shape index (κ1) is 16.8. The van der Waals surface area contributed by atoms with Crippen LogP contribution in [0.4, 0.5) is 5.69 Å². The Morgan fingerprint density at radius 1 is 1.04 bits per heavy atom. The van der Waals surface area contributed by atoms with Crippen LogP contribution in [0.15, 0.2) is 57.8 Å². The molecule has 0 unspecified atom stereocenters. The number of hydrogen-bond donors (Lipinski definition) is 3. The number of H-pyrrole nitrogens is 1. The predicted molar refractivity (Wildman–Crippen MR) is 97.5 cm³/mol. The monoisotopic (exact) mass is 400 g/mol. The molecule has 2 aromatic carbocycles. The summed E-state index contributed by atoms with van der Waals surface area (Å²) in [6.07, 6.45) is 0. The number of para-hydroxylation sites is 1. The highest BCUT2D eigenvalue weighted by Crippen LogP contribution is 2.20. The number of anilines is 1. The minimum atomic E-state index is -0.547. The van der Waals surface area contributed by atoms with E-state index in [4.69, 9.17) is 0 Å². The first-order valence-corrected chi connectivity index (χ1v) is 8.15. The van der Waals surface area contributed by atoms with E-state index in [9.17, 15) is 14.4 Å². The predicted octanol–water partition coefficient (Wildman–Crippen LogP) is 2.05. The summed E-state index contributed by atoms with van der Waals surface area (Å²) in [6, 6.07) is 13.8. The molecular formula is C17H13BrN4O3. The fraction of sp³-hybridized carbons (Fsp3) is 0.0588. The van der Waals surface area contributed by atoms with Gasteiger partial charge in [-0.1, -0.05) is 30.3 Å². The number of aromatic nitrogens is 2. The number of amides is 2. The van der Waals surface area contributed by atoms with E-state index < -0.39 is 5.91 Å². The van der Waals surface area contributed by atoms with Crippen molar-refractivity contribution in [3.05, 3.63) is 69.1 Å². The Morgan fingerprint density at radius 3 is 2.48 bits per heavy atom. The molecule has 0 spiro atoms. The molecule has 0 aliphatic rings. The number of nitrogens with zero attached hydrogens (tertiary/aromatic N) is 1. The molecule has 2 amide bonds. The van der Waals surface area contributed by atoms with Gasteiger partial charge in [0.2, 0.25) is 5.91 Å². The van der Waals surface area contributed by atoms with E-state index in [1.165, 1.54) is 0 Å². The molecule has 126 valence electrons. The van der Waals surface area contributed by atoms with E-state index >= 15 is 0 Å². The molecule has 7 nitrogen and oxygen atoms in total. The molecule has 1 aromatic heterocycles. The van der Waals surface area contributed by atoms with Crippen molar-refractivity contribution in [3.63, 3.8) is 0 Å². The van der Waals surface area contributed by atoms with Crippen molar-refractivity contribution in [2.45, 2.75) is 0 Å². The van der Waals surface area contributed by atoms with E-state index in [1.54, 1.807) is 42.5 Å². The first-order valence-electron chi connectivity index (χ1n) is 7.36. The summed E-state index contributed by atoms with van der Waals surface area (Å²) in [4.78, 5) is 36.0. The molecule has 0 bridgehead atoms. The smallest absolute Gasteiger partial charge is 0.272 e. The lowest BCUT2D eigenvalue weighted by atomic mass is 10.1. The molecule has 0 atom stereocenters. The van der Waals surface area contributed by atoms with Crippen LogP contribution in [-0.2, 0) is 4.79 Å². The first-order chi connectivity index (χ1) is 12.1. The Kier molecular flexibility index (Phi) is 4.90. The molecule has 0 fully saturated rings. The highest BCUT2D eigenvalue weighted by atomic mass is 79.9. The summed E-state index contributed by atoms with van der Waals surface area (Å²) in [6.45, 7) is -0.227. The Bertz CT molecular complexity index is 1020. The quantitative estimate of drug-likeness (QED) is 0.623. The summed E-state index contributed by atoms with van der Waals surface area (Å²) in [7, 11) is 0. The van der Waals surface area contributed by atoms with Crippen molar-refractivity contribution < 1.29 is 9.59 Å². The standard InChI is InChI=1S/C17H13BrN4O3/c18-12-7-3-4-8-13(12)20-14(23)9-19-17(25)15-10-5-1-2-6-11(10)16(24)22-21-15/h1-8H,9H2,(H,19,25)(H,20,23)(H,22,24). The summed E-state index contributed by atoms with van der Waals surface area (Å²) in [5.74, 6) is -0.927. The largest absolute Gasteiger partial charge is 0.342 e. The van der Waals surface area contributed by atoms with Gasteiger partial charge < -0.3 is 10.6 Å². The third-order valence-electron chi connectivity index (χ3n) is 3.47. The van der Waals surface area contributed by atoms with Gasteiger partial charge in [-0.25, -0.2) is 5.10 Å². The number of benzene rings is 2. The van der Waals surface area contributed by atoms with E-state index in [-0.39, 0.29) is 23.7 Å². The van der Waals surface area contributed by atoms with E-state index in [2.05, 4.69) is 36.8 Å². The Hall–Kier alpha value is -3.00. The number of fused-ring (bicyclic) bond motifs is 1. The molecular weight excluding hydrogens is 388 g/mol. The van der Waals surface area contributed by atoms with Gasteiger partial charge in [0.25, 0.3) is 11.5 Å². The normalized spacial score (nSPS) is 10.4. The SMILES string of the molecule is O=C(CNC(=O)c1n[nH]c(=O)c2ccccc12)Nc1ccccc1Br. The summed E-state index contributed by atoms with van der Waals surface area (Å²) in [5.41, 5.74) is 0.289. The van der Waals surface area contributed by atoms with Crippen molar-refractivity contribution in [2.75, 3.05) is 11.9 Å². The zero-order chi connectivity index (χ0) is 17.8. The van der Waals surface area contributed by atoms with Crippen molar-refractivity contribution in [1.82, 2.24) is 15.5 Å². The van der Waals surface area contributed by atoms with Gasteiger partial charge in [-0.3, -0.25) is 14.4 Å². The molecule has 0 aliphatic heterocycles. The second-order valence-corrected chi connectivity index (χ2v) is 6.01. The lowest BCUT2D eigenvalue weighted by molar-refractivity contribution is -0.115. The average Bonchev–Trinajstić information content (AvgIpc) is 2.62. The molecule has 3 aromatic rings. The van der Waals surface area contributed by atoms with Crippen molar-refractivity contribution >= 4 is 44.2 Å². The number of aromatic amines is 1. The number of carbonyl (C=O) groups excluding carboxylic acids is 2. The lowest BCUT2D eigenvalue weighted by Crippen LogP contribution is -2.34. The topological polar surface area (TPSA) is 104 Å². The van der Waals surface area contributed by atoms with Crippen molar-refractivity contribution in [3.8, 4) is 0 Å². The second-order valence-electron chi connectivity index (χ2n) is 5.16. The summed E-state index contributed by atoms with van der Waals surface area (Å²) in [5, 5.41) is 12.1. The maximum Gasteiger partial charge on any atom is 0.272 e. The number of halogens is 1. The molecule has 3 N–H and O–H groups in total. The van der Waals surface area contributed by atoms with Crippen LogP contribution >= 0.6 is 15.9 Å². The van der Waals surface area contributed by atoms with Crippen LogP contribution < -0.4 is 16.2 Å². The van der Waals surface area contributed by atoms with E-state index in [0.29, 0.717) is 16.5 Å². The molecule has 8 heteroatoms. The number of carbonyl (C=O) groups is 2. The molecule has 0 saturated carbocycles. The maximum atomic E-state index is 12.3. The molecule has 1 heterocycles. The molecule has 0 saturated heterocycles. The molecule has 0 aliphatic carbocycles. The fourth-order valence-electron chi connectivity index (χ4n) is 2.29. The highest BCUT2D eigenvalue weighted by Gasteiger charge is 2.15. The molecule has 0 radical (unpaired) electrons. The highest BCUT2D eigenvalue weighted by molar-refractivity contribution is 9.10. The summed E-state index contributed by atoms with van der Waals surface area (Å²) >= 11 is 3.33. The van der Waals surface area contributed by atoms with Crippen LogP contribution in [0.25, 0.3) is 10.8 Å². The number of nitrogens with one attached hydrogen (secondary N) is 3. The van der Waals surface area contributed by atoms with Crippen LogP contribution in [-0.4, -0.2) is 28.6 Å². The third-order valence-corrected chi connectivity index (χ3v) is 4.16. The van der Waals surface area contributed by atoms with Crippen molar-refractivity contribution in [2.24, 2.45) is 0 Å². The van der Waals surface area contributed by atoms with Gasteiger partial charge in [0.15, 0.2) is 5.69 Å². The van der Waals surface area contributed by atoms with Crippen LogP contribution in [0, 0.1) is 0 Å². The molecule has 3 rings (SSSR count). The average molecular weight is 401 g/mol. The Morgan fingerprint density at radius 2 is 1.72 bits per heavy atom. The van der Waals surface area contributed by atoms with Gasteiger partial charge in [-0.05, 0) is 34.1 Å². The van der Waals surface area contributed by atoms with Gasteiger partial charge in [0, 0.05) is 9.86 Å². The summed E-state index contributed by atoms with van der Waals surface area (Å²) < 4.78 is 0.739. The van der Waals surface area contributed by atoms with Gasteiger partial charge in [0.05, 0.1) is 17.6 Å². The Labute approximate surface area is 150 Å². The number of hydrogen-bond acceptors (Lipinski definition) is 4. The van der Waals surface area contributed by atoms with E-state index in [0.717, 1.165) is 4.47 Å². The van der Waals surface area contributed by atoms with Crippen molar-refractivity contribution in [1.29, 1.82) is 0 Å². The van der Waals surface area contributed by atoms with Gasteiger partial charge in [-0.2, -0.15) is 5.10 Å². The lowest BCUT2D eigenvalue weighted by Gasteiger charge is -2.09. The maximum absolute atomic E-state index is 12.3.